The number of benzene rings is 2. The first kappa shape index (κ1) is 19.5. The van der Waals surface area contributed by atoms with Crippen molar-refractivity contribution in [3.63, 3.8) is 0 Å². The Kier molecular flexibility index (Phi) is 5.67. The monoisotopic (exact) mass is 382 g/mol. The van der Waals surface area contributed by atoms with Crippen molar-refractivity contribution in [3.8, 4) is 0 Å². The van der Waals surface area contributed by atoms with Crippen molar-refractivity contribution in [2.45, 2.75) is 17.8 Å². The standard InChI is InChI=1S/C21H18O7/c22-17-12-11-16(28-20(25)15-9-5-2-6-10-15)18(23)21(17,26)13-27-19(24)14-7-3-1-4-8-14/h1-12,16,18,23,26H,13H2. The van der Waals surface area contributed by atoms with E-state index in [1.54, 1.807) is 36.4 Å². The van der Waals surface area contributed by atoms with Crippen LogP contribution in [0.15, 0.2) is 72.8 Å². The summed E-state index contributed by atoms with van der Waals surface area (Å²) in [5, 5.41) is 21.1. The number of aliphatic hydroxyl groups excluding tert-OH is 1. The van der Waals surface area contributed by atoms with Gasteiger partial charge in [0, 0.05) is 0 Å². The largest absolute Gasteiger partial charge is 0.458 e. The zero-order chi connectivity index (χ0) is 20.1. The summed E-state index contributed by atoms with van der Waals surface area (Å²) < 4.78 is 10.2. The molecule has 0 fully saturated rings. The van der Waals surface area contributed by atoms with Gasteiger partial charge in [-0.05, 0) is 36.4 Å². The van der Waals surface area contributed by atoms with Gasteiger partial charge in [-0.3, -0.25) is 4.79 Å². The number of hydrogen-bond donors (Lipinski definition) is 2. The van der Waals surface area contributed by atoms with Crippen molar-refractivity contribution in [1.82, 2.24) is 0 Å². The number of carbonyl (C=O) groups excluding carboxylic acids is 3. The van der Waals surface area contributed by atoms with Gasteiger partial charge in [-0.15, -0.1) is 0 Å². The number of rotatable bonds is 5. The Morgan fingerprint density at radius 1 is 0.929 bits per heavy atom. The highest BCUT2D eigenvalue weighted by atomic mass is 16.6. The smallest absolute Gasteiger partial charge is 0.338 e. The average Bonchev–Trinajstić information content (AvgIpc) is 2.74. The predicted molar refractivity (Wildman–Crippen MR) is 97.5 cm³/mol. The van der Waals surface area contributed by atoms with Crippen molar-refractivity contribution in [3.05, 3.63) is 83.9 Å². The highest BCUT2D eigenvalue weighted by Gasteiger charge is 2.50. The van der Waals surface area contributed by atoms with Crippen LogP contribution < -0.4 is 0 Å². The van der Waals surface area contributed by atoms with Crippen LogP contribution in [0.1, 0.15) is 20.7 Å². The SMILES string of the molecule is O=C(OCC1(O)C(=O)C=CC(OC(=O)c2ccccc2)C1O)c1ccccc1. The molecule has 3 rings (SSSR count). The van der Waals surface area contributed by atoms with Gasteiger partial charge in [0.05, 0.1) is 11.1 Å². The summed E-state index contributed by atoms with van der Waals surface area (Å²) in [7, 11) is 0. The normalized spacial score (nSPS) is 23.9. The summed E-state index contributed by atoms with van der Waals surface area (Å²) in [4.78, 5) is 36.4. The molecule has 0 saturated heterocycles. The van der Waals surface area contributed by atoms with Crippen LogP contribution in [0.3, 0.4) is 0 Å². The minimum Gasteiger partial charge on any atom is -0.458 e. The summed E-state index contributed by atoms with van der Waals surface area (Å²) in [5.74, 6) is -2.35. The highest BCUT2D eigenvalue weighted by molar-refractivity contribution is 5.99. The minimum atomic E-state index is -2.43. The molecule has 0 aliphatic heterocycles. The zero-order valence-corrected chi connectivity index (χ0v) is 14.7. The van der Waals surface area contributed by atoms with Crippen LogP contribution in [0.2, 0.25) is 0 Å². The molecular formula is C21H18O7. The molecule has 1 aliphatic rings. The Labute approximate surface area is 160 Å². The van der Waals surface area contributed by atoms with Gasteiger partial charge in [-0.1, -0.05) is 36.4 Å². The molecule has 0 saturated carbocycles. The van der Waals surface area contributed by atoms with E-state index in [1.807, 2.05) is 0 Å². The first-order valence-corrected chi connectivity index (χ1v) is 8.53. The summed E-state index contributed by atoms with van der Waals surface area (Å²) in [6.07, 6.45) is -0.917. The number of carbonyl (C=O) groups is 3. The van der Waals surface area contributed by atoms with Crippen LogP contribution in [0.4, 0.5) is 0 Å². The van der Waals surface area contributed by atoms with Crippen molar-refractivity contribution < 1.29 is 34.1 Å². The number of aliphatic hydroxyl groups is 2. The van der Waals surface area contributed by atoms with Crippen LogP contribution in [0.25, 0.3) is 0 Å². The lowest BCUT2D eigenvalue weighted by atomic mass is 9.84. The molecule has 0 radical (unpaired) electrons. The van der Waals surface area contributed by atoms with Crippen LogP contribution in [0.5, 0.6) is 0 Å². The van der Waals surface area contributed by atoms with E-state index in [-0.39, 0.29) is 11.1 Å². The van der Waals surface area contributed by atoms with E-state index >= 15 is 0 Å². The topological polar surface area (TPSA) is 110 Å². The molecule has 0 spiro atoms. The minimum absolute atomic E-state index is 0.228. The molecule has 0 heterocycles. The molecule has 2 aromatic carbocycles. The number of hydrogen-bond acceptors (Lipinski definition) is 7. The first-order chi connectivity index (χ1) is 13.4. The van der Waals surface area contributed by atoms with E-state index in [4.69, 9.17) is 9.47 Å². The molecule has 0 bridgehead atoms. The number of ether oxygens (including phenoxy) is 2. The van der Waals surface area contributed by atoms with Gasteiger partial charge in [-0.2, -0.15) is 0 Å². The molecule has 7 nitrogen and oxygen atoms in total. The molecule has 3 unspecified atom stereocenters. The summed E-state index contributed by atoms with van der Waals surface area (Å²) in [6.45, 7) is -0.787. The lowest BCUT2D eigenvalue weighted by molar-refractivity contribution is -0.166. The van der Waals surface area contributed by atoms with Crippen molar-refractivity contribution in [1.29, 1.82) is 0 Å². The molecule has 0 amide bonds. The van der Waals surface area contributed by atoms with Crippen molar-refractivity contribution in [2.24, 2.45) is 0 Å². The molecule has 28 heavy (non-hydrogen) atoms. The van der Waals surface area contributed by atoms with Crippen molar-refractivity contribution >= 4 is 17.7 Å². The van der Waals surface area contributed by atoms with Crippen molar-refractivity contribution in [2.75, 3.05) is 6.61 Å². The third-order valence-corrected chi connectivity index (χ3v) is 4.35. The zero-order valence-electron chi connectivity index (χ0n) is 14.7. The first-order valence-electron chi connectivity index (χ1n) is 8.53. The second kappa shape index (κ2) is 8.16. The lowest BCUT2D eigenvalue weighted by Gasteiger charge is -2.36. The Morgan fingerprint density at radius 2 is 1.46 bits per heavy atom. The van der Waals surface area contributed by atoms with Crippen LogP contribution in [0, 0.1) is 0 Å². The maximum absolute atomic E-state index is 12.2. The molecule has 7 heteroatoms. The van der Waals surface area contributed by atoms with Gasteiger partial charge in [0.2, 0.25) is 0 Å². The van der Waals surface area contributed by atoms with Gasteiger partial charge in [0.15, 0.2) is 11.4 Å². The molecule has 2 N–H and O–H groups in total. The molecular weight excluding hydrogens is 364 g/mol. The molecule has 1 aliphatic carbocycles. The lowest BCUT2D eigenvalue weighted by Crippen LogP contribution is -2.60. The highest BCUT2D eigenvalue weighted by Crippen LogP contribution is 2.25. The van der Waals surface area contributed by atoms with E-state index < -0.39 is 42.1 Å². The van der Waals surface area contributed by atoms with Crippen LogP contribution in [-0.2, 0) is 14.3 Å². The summed E-state index contributed by atoms with van der Waals surface area (Å²) in [5.41, 5.74) is -1.95. The quantitative estimate of drug-likeness (QED) is 0.750. The fourth-order valence-corrected chi connectivity index (χ4v) is 2.71. The third-order valence-electron chi connectivity index (χ3n) is 4.35. The van der Waals surface area contributed by atoms with E-state index in [2.05, 4.69) is 0 Å². The maximum Gasteiger partial charge on any atom is 0.338 e. The fraction of sp³-hybridized carbons (Fsp3) is 0.190. The Bertz CT molecular complexity index is 891. The summed E-state index contributed by atoms with van der Waals surface area (Å²) in [6, 6.07) is 16.1. The van der Waals surface area contributed by atoms with Gasteiger partial charge in [0.1, 0.15) is 18.8 Å². The second-order valence-corrected chi connectivity index (χ2v) is 6.27. The van der Waals surface area contributed by atoms with E-state index in [9.17, 15) is 24.6 Å². The van der Waals surface area contributed by atoms with Gasteiger partial charge < -0.3 is 19.7 Å². The maximum atomic E-state index is 12.2. The van der Waals surface area contributed by atoms with Crippen LogP contribution >= 0.6 is 0 Å². The van der Waals surface area contributed by atoms with Gasteiger partial charge >= 0.3 is 11.9 Å². The van der Waals surface area contributed by atoms with Gasteiger partial charge in [0.25, 0.3) is 0 Å². The van der Waals surface area contributed by atoms with Gasteiger partial charge in [-0.25, -0.2) is 9.59 Å². The van der Waals surface area contributed by atoms with E-state index in [1.165, 1.54) is 30.3 Å². The molecule has 0 aromatic heterocycles. The van der Waals surface area contributed by atoms with E-state index in [0.717, 1.165) is 6.08 Å². The van der Waals surface area contributed by atoms with E-state index in [0.29, 0.717) is 0 Å². The predicted octanol–water partition coefficient (Wildman–Crippen LogP) is 1.30. The number of ketones is 1. The molecule has 3 atom stereocenters. The second-order valence-electron chi connectivity index (χ2n) is 6.27. The Balaban J connectivity index is 1.70. The fourth-order valence-electron chi connectivity index (χ4n) is 2.71. The third kappa shape index (κ3) is 4.00. The molecule has 2 aromatic rings. The summed E-state index contributed by atoms with van der Waals surface area (Å²) >= 11 is 0. The number of esters is 2. The Morgan fingerprint density at radius 3 is 2.04 bits per heavy atom. The Hall–Kier alpha value is -3.29. The van der Waals surface area contributed by atoms with Crippen LogP contribution in [-0.4, -0.2) is 52.4 Å². The average molecular weight is 382 g/mol. The molecule has 144 valence electrons.